The minimum atomic E-state index is -0.833. The van der Waals surface area contributed by atoms with E-state index in [0.717, 1.165) is 13.8 Å². The molecule has 5 heteroatoms. The van der Waals surface area contributed by atoms with E-state index in [-0.39, 0.29) is 21.7 Å². The molecule has 0 aliphatic carbocycles. The summed E-state index contributed by atoms with van der Waals surface area (Å²) in [6.07, 6.45) is 0. The number of carboxylic acids is 2. The zero-order valence-corrected chi connectivity index (χ0v) is 12.5. The molecule has 0 amide bonds. The molecule has 0 bridgehead atoms. The van der Waals surface area contributed by atoms with Gasteiger partial charge in [-0.25, -0.2) is 24.3 Å². The molecule has 0 saturated heterocycles. The fourth-order valence-corrected chi connectivity index (χ4v) is 0.642. The molecule has 4 nitrogen and oxygen atoms in total. The predicted molar refractivity (Wildman–Crippen MR) is 70.7 cm³/mol. The van der Waals surface area contributed by atoms with Crippen molar-refractivity contribution in [1.82, 2.24) is 0 Å². The molecule has 0 atom stereocenters. The molecule has 0 aliphatic rings. The van der Waals surface area contributed by atoms with Gasteiger partial charge in [0.15, 0.2) is 0 Å². The van der Waals surface area contributed by atoms with Gasteiger partial charge in [-0.2, -0.15) is 36.4 Å². The van der Waals surface area contributed by atoms with Crippen LogP contribution in [0.25, 0.3) is 0 Å². The van der Waals surface area contributed by atoms with Gasteiger partial charge in [0.1, 0.15) is 0 Å². The molecule has 0 aromatic heterocycles. The van der Waals surface area contributed by atoms with Crippen molar-refractivity contribution in [1.29, 1.82) is 0 Å². The topological polar surface area (TPSA) is 74.6 Å². The van der Waals surface area contributed by atoms with Crippen LogP contribution in [0.3, 0.4) is 0 Å². The number of hydrogen-bond acceptors (Lipinski definition) is 2. The molecule has 0 unspecified atom stereocenters. The number of carboxylic acid groups (broad SMARTS) is 2. The molecule has 2 aromatic carbocycles. The van der Waals surface area contributed by atoms with Crippen LogP contribution in [0.1, 0.15) is 13.8 Å². The number of aliphatic carboxylic acids is 2. The predicted octanol–water partition coefficient (Wildman–Crippen LogP) is 2.99. The molecule has 0 saturated carbocycles. The number of carbonyl (C=O) groups is 2. The summed E-state index contributed by atoms with van der Waals surface area (Å²) in [5.74, 6) is -1.67. The van der Waals surface area contributed by atoms with Crippen LogP contribution in [0, 0.1) is 0 Å². The third-order valence-electron chi connectivity index (χ3n) is 1.11. The summed E-state index contributed by atoms with van der Waals surface area (Å²) in [5, 5.41) is 14.8. The summed E-state index contributed by atoms with van der Waals surface area (Å²) in [6.45, 7) is 2.17. The van der Waals surface area contributed by atoms with Gasteiger partial charge in [0.25, 0.3) is 11.9 Å². The monoisotopic (exact) mass is 298 g/mol. The first-order valence-corrected chi connectivity index (χ1v) is 5.19. The molecule has 0 heterocycles. The van der Waals surface area contributed by atoms with E-state index in [1.165, 1.54) is 0 Å². The van der Waals surface area contributed by atoms with Crippen LogP contribution in [-0.4, -0.2) is 22.2 Å². The van der Waals surface area contributed by atoms with Gasteiger partial charge < -0.3 is 10.2 Å². The summed E-state index contributed by atoms with van der Waals surface area (Å²) < 4.78 is 0. The minimum absolute atomic E-state index is 0. The van der Waals surface area contributed by atoms with Crippen LogP contribution in [-0.2, 0) is 31.3 Å². The van der Waals surface area contributed by atoms with E-state index < -0.39 is 11.9 Å². The van der Waals surface area contributed by atoms with Gasteiger partial charge in [-0.1, -0.05) is 0 Å². The molecule has 0 radical (unpaired) electrons. The second kappa shape index (κ2) is 18.7. The molecule has 0 aliphatic heterocycles. The van der Waals surface area contributed by atoms with Crippen LogP contribution in [0.5, 0.6) is 0 Å². The van der Waals surface area contributed by atoms with Crippen LogP contribution >= 0.6 is 0 Å². The third-order valence-corrected chi connectivity index (χ3v) is 1.11. The molecule has 0 spiro atoms. The number of rotatable bonds is 0. The van der Waals surface area contributed by atoms with Crippen LogP contribution in [0.15, 0.2) is 60.7 Å². The maximum absolute atomic E-state index is 9.00. The average molecular weight is 298 g/mol. The first-order chi connectivity index (χ1) is 8.46. The van der Waals surface area contributed by atoms with Crippen LogP contribution in [0.2, 0.25) is 0 Å². The minimum Gasteiger partial charge on any atom is -0.481 e. The Kier molecular flexibility index (Phi) is 22.2. The Bertz CT molecular complexity index is 285. The van der Waals surface area contributed by atoms with Gasteiger partial charge in [0.05, 0.1) is 0 Å². The SMILES string of the molecule is CC(=O)O.CC(=O)O.[Ti+2].c1cc[cH-]c1.c1cc[cH-]c1. The van der Waals surface area contributed by atoms with Gasteiger partial charge in [-0.15, -0.1) is 0 Å². The quantitative estimate of drug-likeness (QED) is 0.579. The second-order valence-corrected chi connectivity index (χ2v) is 2.96. The zero-order chi connectivity index (χ0) is 14.2. The molecular formula is C14H18O4Ti. The van der Waals surface area contributed by atoms with Gasteiger partial charge in [0.2, 0.25) is 0 Å². The van der Waals surface area contributed by atoms with E-state index in [1.807, 2.05) is 60.7 Å². The fraction of sp³-hybridized carbons (Fsp3) is 0.143. The molecule has 0 fully saturated rings. The second-order valence-electron chi connectivity index (χ2n) is 2.96. The van der Waals surface area contributed by atoms with E-state index in [0.29, 0.717) is 0 Å². The molecule has 102 valence electrons. The normalized spacial score (nSPS) is 6.84. The summed E-state index contributed by atoms with van der Waals surface area (Å²) in [7, 11) is 0. The van der Waals surface area contributed by atoms with Crippen molar-refractivity contribution in [2.24, 2.45) is 0 Å². The molecule has 2 aromatic rings. The van der Waals surface area contributed by atoms with E-state index in [1.54, 1.807) is 0 Å². The van der Waals surface area contributed by atoms with E-state index in [2.05, 4.69) is 0 Å². The van der Waals surface area contributed by atoms with Crippen molar-refractivity contribution in [3.05, 3.63) is 60.7 Å². The van der Waals surface area contributed by atoms with Crippen molar-refractivity contribution in [2.45, 2.75) is 13.8 Å². The Hall–Kier alpha value is -1.65. The van der Waals surface area contributed by atoms with E-state index in [9.17, 15) is 0 Å². The molecular weight excluding hydrogens is 280 g/mol. The van der Waals surface area contributed by atoms with Gasteiger partial charge in [-0.05, 0) is 0 Å². The molecule has 19 heavy (non-hydrogen) atoms. The third kappa shape index (κ3) is 48.3. The molecule has 2 N–H and O–H groups in total. The standard InChI is InChI=1S/2C5H5.2C2H4O2.Ti/c2*1-2-4-5-3-1;2*1-2(3)4;/h2*1-5H;2*1H3,(H,3,4);/q2*-1;;;+2. The maximum atomic E-state index is 9.00. The van der Waals surface area contributed by atoms with Crippen LogP contribution < -0.4 is 0 Å². The first-order valence-electron chi connectivity index (χ1n) is 5.19. The van der Waals surface area contributed by atoms with E-state index >= 15 is 0 Å². The Balaban J connectivity index is -0.000000178. The summed E-state index contributed by atoms with van der Waals surface area (Å²) in [4.78, 5) is 18.0. The van der Waals surface area contributed by atoms with Crippen molar-refractivity contribution in [3.8, 4) is 0 Å². The summed E-state index contributed by atoms with van der Waals surface area (Å²) >= 11 is 0. The van der Waals surface area contributed by atoms with Crippen molar-refractivity contribution in [3.63, 3.8) is 0 Å². The van der Waals surface area contributed by atoms with Gasteiger partial charge >= 0.3 is 21.7 Å². The molecule has 2 rings (SSSR count). The van der Waals surface area contributed by atoms with Crippen molar-refractivity contribution in [2.75, 3.05) is 0 Å². The van der Waals surface area contributed by atoms with Crippen LogP contribution in [0.4, 0.5) is 0 Å². The summed E-state index contributed by atoms with van der Waals surface area (Å²) in [5.41, 5.74) is 0. The Morgan fingerprint density at radius 3 is 0.947 bits per heavy atom. The Morgan fingerprint density at radius 2 is 0.895 bits per heavy atom. The van der Waals surface area contributed by atoms with Crippen molar-refractivity contribution < 1.29 is 41.5 Å². The maximum Gasteiger partial charge on any atom is 2.00 e. The average Bonchev–Trinajstić information content (AvgIpc) is 2.96. The Morgan fingerprint density at radius 1 is 0.737 bits per heavy atom. The number of hydrogen-bond donors (Lipinski definition) is 2. The van der Waals surface area contributed by atoms with Gasteiger partial charge in [0, 0.05) is 13.8 Å². The smallest absolute Gasteiger partial charge is 0.481 e. The van der Waals surface area contributed by atoms with E-state index in [4.69, 9.17) is 19.8 Å². The largest absolute Gasteiger partial charge is 2.00 e. The zero-order valence-electron chi connectivity index (χ0n) is 11.0. The summed E-state index contributed by atoms with van der Waals surface area (Å²) in [6, 6.07) is 20.0. The first kappa shape index (κ1) is 22.5. The van der Waals surface area contributed by atoms with Gasteiger partial charge in [-0.3, -0.25) is 9.59 Å². The Labute approximate surface area is 128 Å². The van der Waals surface area contributed by atoms with Crippen molar-refractivity contribution >= 4 is 11.9 Å². The fourth-order valence-electron chi connectivity index (χ4n) is 0.642.